The molecule has 1 unspecified atom stereocenters. The SMILES string of the molecule is CC(C)(C)c1ccc(C2=NNC(c3cc(-c4nnc(-c5ccc(C(C)(C)C)cc5)o4)cc(-n4c5ccccc5c5cc6c(cc54)c4ccccc4n6-c4cc(-c5nnc(-c6ccc(C(C)(C)C)cc6)o5)cc(-c5nnc(-c6ccc(C(C)(C)C)cc6)o5)c4)c3)O2)cc1. The molecule has 14 nitrogen and oxygen atoms in total. The highest BCUT2D eigenvalue weighted by molar-refractivity contribution is 6.19. The Labute approximate surface area is 533 Å². The number of hydrogen-bond acceptors (Lipinski definition) is 12. The largest absolute Gasteiger partial charge is 0.446 e. The van der Waals surface area contributed by atoms with Crippen LogP contribution >= 0.6 is 0 Å². The maximum atomic E-state index is 6.74. The Balaban J connectivity index is 0.887. The zero-order chi connectivity index (χ0) is 63.6. The van der Waals surface area contributed by atoms with Crippen molar-refractivity contribution in [2.75, 3.05) is 0 Å². The summed E-state index contributed by atoms with van der Waals surface area (Å²) in [4.78, 5) is 0. The molecule has 0 aliphatic carbocycles. The third-order valence-electron chi connectivity index (χ3n) is 17.7. The van der Waals surface area contributed by atoms with Crippen LogP contribution in [0.25, 0.3) is 124 Å². The topological polar surface area (TPSA) is 160 Å². The van der Waals surface area contributed by atoms with Crippen LogP contribution in [-0.2, 0) is 26.4 Å². The highest BCUT2D eigenvalue weighted by Gasteiger charge is 2.29. The smallest absolute Gasteiger partial charge is 0.248 e. The first-order chi connectivity index (χ1) is 44.1. The Kier molecular flexibility index (Phi) is 13.5. The van der Waals surface area contributed by atoms with E-state index < -0.39 is 6.23 Å². The van der Waals surface area contributed by atoms with Gasteiger partial charge in [0.25, 0.3) is 0 Å². The molecule has 15 rings (SSSR count). The molecule has 0 spiro atoms. The second-order valence-corrected chi connectivity index (χ2v) is 28.3. The van der Waals surface area contributed by atoms with E-state index in [9.17, 15) is 0 Å². The van der Waals surface area contributed by atoms with Crippen LogP contribution in [0.15, 0.2) is 212 Å². The summed E-state index contributed by atoms with van der Waals surface area (Å²) in [5, 5.41) is 36.8. The van der Waals surface area contributed by atoms with E-state index in [0.29, 0.717) is 57.9 Å². The molecule has 0 radical (unpaired) electrons. The molecule has 6 heterocycles. The Hall–Kier alpha value is -10.7. The van der Waals surface area contributed by atoms with Gasteiger partial charge in [-0.05, 0) is 153 Å². The summed E-state index contributed by atoms with van der Waals surface area (Å²) in [6.45, 7) is 26.4. The van der Waals surface area contributed by atoms with Crippen LogP contribution in [0.5, 0.6) is 0 Å². The predicted octanol–water partition coefficient (Wildman–Crippen LogP) is 19.2. The van der Waals surface area contributed by atoms with E-state index in [1.165, 1.54) is 22.3 Å². The molecule has 92 heavy (non-hydrogen) atoms. The van der Waals surface area contributed by atoms with Crippen molar-refractivity contribution in [3.8, 4) is 80.1 Å². The zero-order valence-electron chi connectivity index (χ0n) is 53.7. The molecule has 1 atom stereocenters. The summed E-state index contributed by atoms with van der Waals surface area (Å²) in [5.41, 5.74) is 20.0. The summed E-state index contributed by atoms with van der Waals surface area (Å²) in [6, 6.07) is 67.5. The summed E-state index contributed by atoms with van der Waals surface area (Å²) in [6.07, 6.45) is -0.644. The van der Waals surface area contributed by atoms with Crippen molar-refractivity contribution >= 4 is 49.5 Å². The van der Waals surface area contributed by atoms with Crippen molar-refractivity contribution < 1.29 is 18.0 Å². The molecule has 9 aromatic carbocycles. The van der Waals surface area contributed by atoms with Crippen LogP contribution < -0.4 is 5.43 Å². The normalized spacial score (nSPS) is 14.0. The number of hydrogen-bond donors (Lipinski definition) is 1. The number of fused-ring (bicyclic) bond motifs is 6. The fourth-order valence-corrected chi connectivity index (χ4v) is 12.4. The summed E-state index contributed by atoms with van der Waals surface area (Å²) >= 11 is 0. The zero-order valence-corrected chi connectivity index (χ0v) is 53.7. The maximum Gasteiger partial charge on any atom is 0.248 e. The lowest BCUT2D eigenvalue weighted by molar-refractivity contribution is 0.192. The Bertz CT molecular complexity index is 5070. The van der Waals surface area contributed by atoms with E-state index in [-0.39, 0.29) is 21.7 Å². The molecule has 14 heteroatoms. The standard InChI is InChI=1S/C78H70N10O4/c1-75(2,3)53-29-21-45(22-30-53)67-79-83-71(89-67)49-37-50(72-84-80-68(90-72)46-23-31-54(32-24-46)76(4,5)6)40-57(39-49)87-63-19-15-13-17-59(63)61-44-66-62(43-65(61)87)60-18-14-16-20-64(60)88(66)58-41-51(73-85-81-69(91-73)47-25-33-55(34-26-47)77(7,8)9)38-52(42-58)74-86-82-70(92-74)48-27-35-56(36-28-48)78(10,11)12/h13-44,71,83H,1-12H3. The number of aromatic nitrogens is 8. The van der Waals surface area contributed by atoms with Crippen LogP contribution in [0.1, 0.15) is 123 Å². The van der Waals surface area contributed by atoms with Crippen LogP contribution in [0.2, 0.25) is 0 Å². The molecule has 14 aromatic rings. The molecule has 0 bridgehead atoms. The Morgan fingerprint density at radius 2 is 0.641 bits per heavy atom. The van der Waals surface area contributed by atoms with Gasteiger partial charge in [-0.1, -0.05) is 168 Å². The van der Waals surface area contributed by atoms with Crippen molar-refractivity contribution in [1.29, 1.82) is 0 Å². The number of nitrogens with zero attached hydrogens (tertiary/aromatic N) is 9. The lowest BCUT2D eigenvalue weighted by Gasteiger charge is -2.19. The van der Waals surface area contributed by atoms with E-state index in [4.69, 9.17) is 28.2 Å². The van der Waals surface area contributed by atoms with Crippen LogP contribution in [-0.4, -0.2) is 45.6 Å². The van der Waals surface area contributed by atoms with Crippen molar-refractivity contribution in [1.82, 2.24) is 45.2 Å². The molecular formula is C78H70N10O4. The van der Waals surface area contributed by atoms with Crippen molar-refractivity contribution in [3.63, 3.8) is 0 Å². The number of para-hydroxylation sites is 2. The first-order valence-electron chi connectivity index (χ1n) is 31.3. The van der Waals surface area contributed by atoms with Gasteiger partial charge in [0.1, 0.15) is 0 Å². The van der Waals surface area contributed by atoms with Gasteiger partial charge in [-0.2, -0.15) is 0 Å². The van der Waals surface area contributed by atoms with E-state index in [0.717, 1.165) is 82.8 Å². The van der Waals surface area contributed by atoms with Crippen molar-refractivity contribution in [3.05, 3.63) is 228 Å². The van der Waals surface area contributed by atoms with Gasteiger partial charge in [-0.15, -0.1) is 35.7 Å². The van der Waals surface area contributed by atoms with Gasteiger partial charge >= 0.3 is 0 Å². The fourth-order valence-electron chi connectivity index (χ4n) is 12.4. The molecule has 0 fully saturated rings. The van der Waals surface area contributed by atoms with E-state index in [1.807, 2.05) is 48.5 Å². The maximum absolute atomic E-state index is 6.74. The van der Waals surface area contributed by atoms with Gasteiger partial charge in [-0.25, -0.2) is 0 Å². The van der Waals surface area contributed by atoms with Gasteiger partial charge in [0.2, 0.25) is 47.5 Å². The Morgan fingerprint density at radius 1 is 0.315 bits per heavy atom. The highest BCUT2D eigenvalue weighted by atomic mass is 16.5. The first kappa shape index (κ1) is 57.7. The van der Waals surface area contributed by atoms with Crippen LogP contribution in [0.3, 0.4) is 0 Å². The second-order valence-electron chi connectivity index (χ2n) is 28.3. The Morgan fingerprint density at radius 3 is 1.01 bits per heavy atom. The molecule has 456 valence electrons. The minimum Gasteiger partial charge on any atom is -0.446 e. The lowest BCUT2D eigenvalue weighted by Crippen LogP contribution is -2.14. The molecule has 1 aliphatic heterocycles. The van der Waals surface area contributed by atoms with Gasteiger partial charge in [0.05, 0.1) is 22.1 Å². The first-order valence-corrected chi connectivity index (χ1v) is 31.3. The fraction of sp³-hybridized carbons (Fsp3) is 0.218. The third kappa shape index (κ3) is 10.5. The number of hydrazone groups is 1. The number of rotatable bonds is 10. The van der Waals surface area contributed by atoms with Gasteiger partial charge in [-0.3, -0.25) is 5.43 Å². The van der Waals surface area contributed by atoms with Crippen LogP contribution in [0, 0.1) is 0 Å². The quantitative estimate of drug-likeness (QED) is 0.139. The molecular weight excluding hydrogens is 1140 g/mol. The molecule has 5 aromatic heterocycles. The lowest BCUT2D eigenvalue weighted by atomic mass is 9.87. The highest BCUT2D eigenvalue weighted by Crippen LogP contribution is 2.43. The predicted molar refractivity (Wildman–Crippen MR) is 366 cm³/mol. The average molecular weight is 1210 g/mol. The minimum atomic E-state index is -0.644. The molecule has 0 saturated heterocycles. The summed E-state index contributed by atoms with van der Waals surface area (Å²) in [5.74, 6) is 2.80. The van der Waals surface area contributed by atoms with Crippen molar-refractivity contribution in [2.24, 2.45) is 5.10 Å². The molecule has 1 aliphatic rings. The monoisotopic (exact) mass is 1210 g/mol. The minimum absolute atomic E-state index is 0.00389. The number of ether oxygens (including phenoxy) is 1. The molecule has 0 amide bonds. The van der Waals surface area contributed by atoms with Gasteiger partial charge in [0.15, 0.2) is 0 Å². The van der Waals surface area contributed by atoms with Gasteiger partial charge in [0, 0.05) is 77.4 Å². The number of benzene rings is 9. The number of nitrogens with one attached hydrogen (secondary N) is 1. The van der Waals surface area contributed by atoms with E-state index in [1.54, 1.807) is 0 Å². The molecule has 1 N–H and O–H groups in total. The van der Waals surface area contributed by atoms with E-state index >= 15 is 0 Å². The molecule has 0 saturated carbocycles. The van der Waals surface area contributed by atoms with E-state index in [2.05, 4.69) is 269 Å². The van der Waals surface area contributed by atoms with Crippen LogP contribution in [0.4, 0.5) is 0 Å². The van der Waals surface area contributed by atoms with Gasteiger partial charge < -0.3 is 27.1 Å². The average Bonchev–Trinajstić information content (AvgIpc) is 1.56. The summed E-state index contributed by atoms with van der Waals surface area (Å²) in [7, 11) is 0. The third-order valence-corrected chi connectivity index (χ3v) is 17.7. The summed E-state index contributed by atoms with van der Waals surface area (Å²) < 4.78 is 31.2. The second kappa shape index (κ2) is 21.5. The van der Waals surface area contributed by atoms with Crippen molar-refractivity contribution in [2.45, 2.75) is 111 Å².